The number of fused-ring (bicyclic) bond motifs is 1. The molecule has 2 aromatic rings. The molecule has 7 nitrogen and oxygen atoms in total. The third kappa shape index (κ3) is 2.86. The van der Waals surface area contributed by atoms with Crippen molar-refractivity contribution in [2.24, 2.45) is 0 Å². The Morgan fingerprint density at radius 2 is 2.22 bits per heavy atom. The second-order valence-electron chi connectivity index (χ2n) is 6.11. The molecule has 0 atom stereocenters. The summed E-state index contributed by atoms with van der Waals surface area (Å²) in [5, 5.41) is 2.88. The van der Waals surface area contributed by atoms with E-state index in [1.165, 1.54) is 0 Å². The van der Waals surface area contributed by atoms with Crippen LogP contribution >= 0.6 is 0 Å². The molecule has 7 heteroatoms. The molecule has 1 aliphatic heterocycles. The van der Waals surface area contributed by atoms with Gasteiger partial charge in [0.25, 0.3) is 0 Å². The van der Waals surface area contributed by atoms with Gasteiger partial charge in [0, 0.05) is 31.4 Å². The van der Waals surface area contributed by atoms with E-state index in [0.29, 0.717) is 25.7 Å². The zero-order valence-corrected chi connectivity index (χ0v) is 12.8. The average Bonchev–Trinajstić information content (AvgIpc) is 3.18. The summed E-state index contributed by atoms with van der Waals surface area (Å²) in [5.74, 6) is 0.0583. The summed E-state index contributed by atoms with van der Waals surface area (Å²) >= 11 is 0. The second-order valence-corrected chi connectivity index (χ2v) is 6.11. The molecule has 1 saturated heterocycles. The normalized spacial score (nSPS) is 18.0. The Labute approximate surface area is 133 Å². The lowest BCUT2D eigenvalue weighted by atomic mass is 10.3. The highest BCUT2D eigenvalue weighted by Gasteiger charge is 2.39. The zero-order valence-electron chi connectivity index (χ0n) is 12.8. The number of nitrogens with zero attached hydrogens (tertiary/aromatic N) is 4. The standard InChI is InChI=1S/C16H19N5O2/c22-15-10-20(11-21(15)13-4-5-13)16(23)17-7-6-12-9-19-8-2-1-3-14(19)18-12/h1-3,8-9,13H,4-7,10-11H2,(H,17,23). The first-order valence-corrected chi connectivity index (χ1v) is 7.95. The number of carbonyl (C=O) groups excluding carboxylic acids is 2. The first-order chi connectivity index (χ1) is 11.2. The molecular weight excluding hydrogens is 294 g/mol. The van der Waals surface area contributed by atoms with Gasteiger partial charge in [-0.1, -0.05) is 6.07 Å². The van der Waals surface area contributed by atoms with Crippen LogP contribution in [0.15, 0.2) is 30.6 Å². The number of urea groups is 1. The van der Waals surface area contributed by atoms with Crippen molar-refractivity contribution in [3.05, 3.63) is 36.3 Å². The number of aromatic nitrogens is 2. The summed E-state index contributed by atoms with van der Waals surface area (Å²) in [6.07, 6.45) is 6.72. The molecule has 120 valence electrons. The third-order valence-corrected chi connectivity index (χ3v) is 4.32. The van der Waals surface area contributed by atoms with Gasteiger partial charge in [0.1, 0.15) is 12.2 Å². The molecule has 4 rings (SSSR count). The molecule has 2 aromatic heterocycles. The number of hydrogen-bond acceptors (Lipinski definition) is 3. The molecule has 0 unspecified atom stereocenters. The smallest absolute Gasteiger partial charge is 0.319 e. The van der Waals surface area contributed by atoms with Crippen LogP contribution in [-0.4, -0.2) is 56.9 Å². The topological polar surface area (TPSA) is 70.0 Å². The van der Waals surface area contributed by atoms with Crippen molar-refractivity contribution in [3.63, 3.8) is 0 Å². The fraction of sp³-hybridized carbons (Fsp3) is 0.438. The van der Waals surface area contributed by atoms with Crippen molar-refractivity contribution in [1.82, 2.24) is 24.5 Å². The molecule has 2 aliphatic rings. The van der Waals surface area contributed by atoms with Crippen LogP contribution < -0.4 is 5.32 Å². The Kier molecular flexibility index (Phi) is 3.40. The molecule has 1 N–H and O–H groups in total. The number of nitrogens with one attached hydrogen (secondary N) is 1. The number of carbonyl (C=O) groups is 2. The molecule has 0 aromatic carbocycles. The van der Waals surface area contributed by atoms with Gasteiger partial charge in [-0.15, -0.1) is 0 Å². The van der Waals surface area contributed by atoms with E-state index in [-0.39, 0.29) is 18.5 Å². The zero-order chi connectivity index (χ0) is 15.8. The maximum atomic E-state index is 12.2. The fourth-order valence-electron chi connectivity index (χ4n) is 2.93. The Bertz CT molecular complexity index is 719. The molecule has 0 spiro atoms. The number of amides is 3. The Morgan fingerprint density at radius 3 is 3.00 bits per heavy atom. The summed E-state index contributed by atoms with van der Waals surface area (Å²) in [6.45, 7) is 1.12. The lowest BCUT2D eigenvalue weighted by Gasteiger charge is -2.17. The minimum absolute atomic E-state index is 0.0583. The van der Waals surface area contributed by atoms with Gasteiger partial charge in [-0.2, -0.15) is 0 Å². The highest BCUT2D eigenvalue weighted by molar-refractivity contribution is 5.87. The Hall–Kier alpha value is -2.57. The predicted octanol–water partition coefficient (Wildman–Crippen LogP) is 0.850. The minimum atomic E-state index is -0.176. The second kappa shape index (κ2) is 5.57. The van der Waals surface area contributed by atoms with E-state index < -0.39 is 0 Å². The highest BCUT2D eigenvalue weighted by atomic mass is 16.2. The van der Waals surface area contributed by atoms with Crippen LogP contribution in [0.25, 0.3) is 5.65 Å². The molecular formula is C16H19N5O2. The van der Waals surface area contributed by atoms with Crippen LogP contribution in [0.4, 0.5) is 4.79 Å². The van der Waals surface area contributed by atoms with Gasteiger partial charge in [-0.05, 0) is 25.0 Å². The van der Waals surface area contributed by atoms with Crippen LogP contribution in [0.3, 0.4) is 0 Å². The van der Waals surface area contributed by atoms with Crippen molar-refractivity contribution in [2.75, 3.05) is 19.8 Å². The number of rotatable bonds is 4. The summed E-state index contributed by atoms with van der Waals surface area (Å²) in [6, 6.07) is 6.04. The van der Waals surface area contributed by atoms with Crippen molar-refractivity contribution in [1.29, 1.82) is 0 Å². The van der Waals surface area contributed by atoms with Crippen molar-refractivity contribution < 1.29 is 9.59 Å². The first-order valence-electron chi connectivity index (χ1n) is 7.95. The lowest BCUT2D eigenvalue weighted by Crippen LogP contribution is -2.40. The number of imidazole rings is 1. The fourth-order valence-corrected chi connectivity index (χ4v) is 2.93. The van der Waals surface area contributed by atoms with E-state index in [1.54, 1.807) is 4.90 Å². The van der Waals surface area contributed by atoms with Crippen LogP contribution in [0.1, 0.15) is 18.5 Å². The maximum absolute atomic E-state index is 12.2. The lowest BCUT2D eigenvalue weighted by molar-refractivity contribution is -0.127. The average molecular weight is 313 g/mol. The van der Waals surface area contributed by atoms with Gasteiger partial charge >= 0.3 is 6.03 Å². The van der Waals surface area contributed by atoms with Crippen molar-refractivity contribution >= 4 is 17.6 Å². The molecule has 0 bridgehead atoms. The van der Waals surface area contributed by atoms with E-state index in [0.717, 1.165) is 24.2 Å². The molecule has 1 aliphatic carbocycles. The van der Waals surface area contributed by atoms with Gasteiger partial charge in [-0.3, -0.25) is 9.69 Å². The molecule has 23 heavy (non-hydrogen) atoms. The predicted molar refractivity (Wildman–Crippen MR) is 83.7 cm³/mol. The SMILES string of the molecule is O=C(NCCc1cn2ccccc2n1)N1CC(=O)N(C2CC2)C1. The van der Waals surface area contributed by atoms with Crippen LogP contribution in [-0.2, 0) is 11.2 Å². The van der Waals surface area contributed by atoms with Gasteiger partial charge < -0.3 is 14.6 Å². The largest absolute Gasteiger partial charge is 0.338 e. The van der Waals surface area contributed by atoms with E-state index >= 15 is 0 Å². The van der Waals surface area contributed by atoms with Crippen LogP contribution in [0, 0.1) is 0 Å². The van der Waals surface area contributed by atoms with Gasteiger partial charge in [0.2, 0.25) is 5.91 Å². The summed E-state index contributed by atoms with van der Waals surface area (Å²) in [5.41, 5.74) is 1.84. The first kappa shape index (κ1) is 14.0. The van der Waals surface area contributed by atoms with Crippen molar-refractivity contribution in [3.8, 4) is 0 Å². The van der Waals surface area contributed by atoms with Crippen LogP contribution in [0.5, 0.6) is 0 Å². The number of hydrogen-bond donors (Lipinski definition) is 1. The molecule has 3 heterocycles. The van der Waals surface area contributed by atoms with Crippen LogP contribution in [0.2, 0.25) is 0 Å². The number of pyridine rings is 1. The third-order valence-electron chi connectivity index (χ3n) is 4.32. The molecule has 2 fully saturated rings. The monoisotopic (exact) mass is 313 g/mol. The van der Waals surface area contributed by atoms with Gasteiger partial charge in [-0.25, -0.2) is 9.78 Å². The highest BCUT2D eigenvalue weighted by Crippen LogP contribution is 2.29. The van der Waals surface area contributed by atoms with E-state index in [2.05, 4.69) is 10.3 Å². The quantitative estimate of drug-likeness (QED) is 0.910. The van der Waals surface area contributed by atoms with Gasteiger partial charge in [0.15, 0.2) is 0 Å². The molecule has 1 saturated carbocycles. The van der Waals surface area contributed by atoms with E-state index in [9.17, 15) is 9.59 Å². The van der Waals surface area contributed by atoms with E-state index in [4.69, 9.17) is 0 Å². The maximum Gasteiger partial charge on any atom is 0.319 e. The molecule has 3 amide bonds. The minimum Gasteiger partial charge on any atom is -0.338 e. The molecule has 0 radical (unpaired) electrons. The Morgan fingerprint density at radius 1 is 1.35 bits per heavy atom. The Balaban J connectivity index is 1.29. The summed E-state index contributed by atoms with van der Waals surface area (Å²) in [7, 11) is 0. The van der Waals surface area contributed by atoms with E-state index in [1.807, 2.05) is 39.9 Å². The summed E-state index contributed by atoms with van der Waals surface area (Å²) < 4.78 is 1.96. The van der Waals surface area contributed by atoms with Crippen molar-refractivity contribution in [2.45, 2.75) is 25.3 Å². The summed E-state index contributed by atoms with van der Waals surface area (Å²) in [4.78, 5) is 31.9. The van der Waals surface area contributed by atoms with Gasteiger partial charge in [0.05, 0.1) is 12.4 Å².